The number of amides is 1. The molecule has 1 aliphatic carbocycles. The minimum Gasteiger partial charge on any atom is -0.480 e. The molecule has 0 atom stereocenters. The van der Waals surface area contributed by atoms with Crippen LogP contribution in [0.3, 0.4) is 0 Å². The second-order valence-corrected chi connectivity index (χ2v) is 5.41. The Bertz CT molecular complexity index is 500. The van der Waals surface area contributed by atoms with Crippen LogP contribution >= 0.6 is 0 Å². The van der Waals surface area contributed by atoms with Gasteiger partial charge in [0, 0.05) is 13.1 Å². The summed E-state index contributed by atoms with van der Waals surface area (Å²) in [6, 6.07) is 5.89. The monoisotopic (exact) mass is 294 g/mol. The Morgan fingerprint density at radius 1 is 1.24 bits per heavy atom. The zero-order valence-corrected chi connectivity index (χ0v) is 11.7. The third kappa shape index (κ3) is 5.91. The summed E-state index contributed by atoms with van der Waals surface area (Å²) in [7, 11) is 0. The van der Waals surface area contributed by atoms with Crippen LogP contribution in [-0.2, 0) is 16.1 Å². The molecule has 0 spiro atoms. The molecule has 21 heavy (non-hydrogen) atoms. The quantitative estimate of drug-likeness (QED) is 0.757. The number of halogens is 1. The number of carbonyl (C=O) groups excluding carboxylic acids is 1. The first-order valence-electron chi connectivity index (χ1n) is 6.98. The molecular weight excluding hydrogens is 275 g/mol. The molecule has 0 unspecified atom stereocenters. The Hall–Kier alpha value is -1.95. The normalized spacial score (nSPS) is 14.2. The van der Waals surface area contributed by atoms with Gasteiger partial charge in [0.2, 0.25) is 5.91 Å². The Morgan fingerprint density at radius 2 is 1.90 bits per heavy atom. The molecule has 1 aromatic carbocycles. The molecule has 114 valence electrons. The van der Waals surface area contributed by atoms with E-state index in [-0.39, 0.29) is 24.8 Å². The standard InChI is InChI=1S/C15H19FN2O3/c16-13-5-3-11(4-6-13)7-17-14(19)9-18(10-15(20)21)8-12-1-2-12/h3-6,12H,1-2,7-10H2,(H,17,19)(H,20,21). The number of nitrogens with one attached hydrogen (secondary N) is 1. The molecule has 0 aliphatic heterocycles. The first-order chi connectivity index (χ1) is 10.0. The molecule has 1 aliphatic rings. The molecule has 6 heteroatoms. The molecule has 2 N–H and O–H groups in total. The lowest BCUT2D eigenvalue weighted by molar-refractivity contribution is -0.138. The topological polar surface area (TPSA) is 69.6 Å². The molecule has 5 nitrogen and oxygen atoms in total. The number of carbonyl (C=O) groups is 2. The second-order valence-electron chi connectivity index (χ2n) is 5.41. The van der Waals surface area contributed by atoms with E-state index in [1.165, 1.54) is 12.1 Å². The van der Waals surface area contributed by atoms with E-state index in [0.717, 1.165) is 18.4 Å². The molecule has 1 saturated carbocycles. The Kier molecular flexibility index (Phi) is 5.27. The number of hydrogen-bond acceptors (Lipinski definition) is 3. The summed E-state index contributed by atoms with van der Waals surface area (Å²) in [4.78, 5) is 24.3. The summed E-state index contributed by atoms with van der Waals surface area (Å²) in [5.41, 5.74) is 0.803. The van der Waals surface area contributed by atoms with E-state index in [9.17, 15) is 14.0 Å². The average Bonchev–Trinajstić information content (AvgIpc) is 3.21. The van der Waals surface area contributed by atoms with Crippen molar-refractivity contribution in [2.45, 2.75) is 19.4 Å². The smallest absolute Gasteiger partial charge is 0.317 e. The highest BCUT2D eigenvalue weighted by molar-refractivity contribution is 5.79. The molecule has 0 aromatic heterocycles. The Balaban J connectivity index is 1.77. The summed E-state index contributed by atoms with van der Waals surface area (Å²) >= 11 is 0. The summed E-state index contributed by atoms with van der Waals surface area (Å²) in [6.07, 6.45) is 2.21. The van der Waals surface area contributed by atoms with Gasteiger partial charge >= 0.3 is 5.97 Å². The fraction of sp³-hybridized carbons (Fsp3) is 0.467. The molecular formula is C15H19FN2O3. The number of carboxylic acid groups (broad SMARTS) is 1. The minimum atomic E-state index is -0.929. The van der Waals surface area contributed by atoms with Crippen molar-refractivity contribution in [2.75, 3.05) is 19.6 Å². The van der Waals surface area contributed by atoms with Crippen LogP contribution in [0.4, 0.5) is 4.39 Å². The summed E-state index contributed by atoms with van der Waals surface area (Å²) < 4.78 is 12.8. The van der Waals surface area contributed by atoms with Crippen LogP contribution in [-0.4, -0.2) is 41.5 Å². The highest BCUT2D eigenvalue weighted by atomic mass is 19.1. The SMILES string of the molecule is O=C(O)CN(CC(=O)NCc1ccc(F)cc1)CC1CC1. The van der Waals surface area contributed by atoms with Crippen LogP contribution in [0.1, 0.15) is 18.4 Å². The number of hydrogen-bond donors (Lipinski definition) is 2. The van der Waals surface area contributed by atoms with Crippen molar-refractivity contribution in [3.63, 3.8) is 0 Å². The largest absolute Gasteiger partial charge is 0.480 e. The van der Waals surface area contributed by atoms with Crippen LogP contribution in [0.15, 0.2) is 24.3 Å². The lowest BCUT2D eigenvalue weighted by atomic mass is 10.2. The van der Waals surface area contributed by atoms with E-state index in [4.69, 9.17) is 5.11 Å². The first-order valence-corrected chi connectivity index (χ1v) is 6.98. The fourth-order valence-electron chi connectivity index (χ4n) is 2.10. The van der Waals surface area contributed by atoms with E-state index < -0.39 is 5.97 Å². The maximum Gasteiger partial charge on any atom is 0.317 e. The zero-order chi connectivity index (χ0) is 15.2. The molecule has 1 amide bonds. The van der Waals surface area contributed by atoms with Gasteiger partial charge in [-0.05, 0) is 36.5 Å². The highest BCUT2D eigenvalue weighted by Crippen LogP contribution is 2.29. The predicted molar refractivity (Wildman–Crippen MR) is 75.0 cm³/mol. The lowest BCUT2D eigenvalue weighted by Crippen LogP contribution is -2.40. The molecule has 0 heterocycles. The minimum absolute atomic E-state index is 0.0734. The molecule has 1 aromatic rings. The van der Waals surface area contributed by atoms with E-state index in [0.29, 0.717) is 19.0 Å². The van der Waals surface area contributed by atoms with Gasteiger partial charge in [0.05, 0.1) is 13.1 Å². The van der Waals surface area contributed by atoms with Gasteiger partial charge in [0.15, 0.2) is 0 Å². The van der Waals surface area contributed by atoms with Crippen molar-refractivity contribution in [1.29, 1.82) is 0 Å². The molecule has 1 fully saturated rings. The van der Waals surface area contributed by atoms with Gasteiger partial charge in [0.25, 0.3) is 0 Å². The Morgan fingerprint density at radius 3 is 2.48 bits per heavy atom. The van der Waals surface area contributed by atoms with E-state index >= 15 is 0 Å². The Labute approximate surface area is 122 Å². The number of rotatable bonds is 8. The molecule has 0 bridgehead atoms. The van der Waals surface area contributed by atoms with Crippen LogP contribution in [0.2, 0.25) is 0 Å². The fourth-order valence-corrected chi connectivity index (χ4v) is 2.10. The van der Waals surface area contributed by atoms with Crippen molar-refractivity contribution >= 4 is 11.9 Å². The number of benzene rings is 1. The average molecular weight is 294 g/mol. The molecule has 0 radical (unpaired) electrons. The third-order valence-corrected chi connectivity index (χ3v) is 3.34. The van der Waals surface area contributed by atoms with Crippen LogP contribution in [0.25, 0.3) is 0 Å². The van der Waals surface area contributed by atoms with Gasteiger partial charge < -0.3 is 10.4 Å². The van der Waals surface area contributed by atoms with Crippen LogP contribution in [0, 0.1) is 11.7 Å². The van der Waals surface area contributed by atoms with Gasteiger partial charge in [-0.25, -0.2) is 4.39 Å². The second kappa shape index (κ2) is 7.17. The first kappa shape index (κ1) is 15.4. The van der Waals surface area contributed by atoms with E-state index in [1.54, 1.807) is 17.0 Å². The van der Waals surface area contributed by atoms with Crippen molar-refractivity contribution in [1.82, 2.24) is 10.2 Å². The maximum atomic E-state index is 12.8. The van der Waals surface area contributed by atoms with Crippen molar-refractivity contribution in [2.24, 2.45) is 5.92 Å². The maximum absolute atomic E-state index is 12.8. The zero-order valence-electron chi connectivity index (χ0n) is 11.7. The number of carboxylic acids is 1. The number of nitrogens with zero attached hydrogens (tertiary/aromatic N) is 1. The number of aliphatic carboxylic acids is 1. The van der Waals surface area contributed by atoms with Gasteiger partial charge in [0.1, 0.15) is 5.82 Å². The van der Waals surface area contributed by atoms with Crippen molar-refractivity contribution < 1.29 is 19.1 Å². The van der Waals surface area contributed by atoms with Gasteiger partial charge in [-0.2, -0.15) is 0 Å². The lowest BCUT2D eigenvalue weighted by Gasteiger charge is -2.19. The van der Waals surface area contributed by atoms with Gasteiger partial charge in [-0.1, -0.05) is 12.1 Å². The third-order valence-electron chi connectivity index (χ3n) is 3.34. The summed E-state index contributed by atoms with van der Waals surface area (Å²) in [5.74, 6) is -0.945. The summed E-state index contributed by atoms with van der Waals surface area (Å²) in [5, 5.41) is 11.6. The molecule has 0 saturated heterocycles. The molecule has 2 rings (SSSR count). The van der Waals surface area contributed by atoms with Crippen LogP contribution in [0.5, 0.6) is 0 Å². The van der Waals surface area contributed by atoms with E-state index in [1.807, 2.05) is 0 Å². The predicted octanol–water partition coefficient (Wildman–Crippen LogP) is 1.24. The summed E-state index contributed by atoms with van der Waals surface area (Å²) in [6.45, 7) is 0.907. The van der Waals surface area contributed by atoms with Crippen molar-refractivity contribution in [3.8, 4) is 0 Å². The van der Waals surface area contributed by atoms with Crippen LogP contribution < -0.4 is 5.32 Å². The van der Waals surface area contributed by atoms with Crippen molar-refractivity contribution in [3.05, 3.63) is 35.6 Å². The highest BCUT2D eigenvalue weighted by Gasteiger charge is 2.26. The van der Waals surface area contributed by atoms with Gasteiger partial charge in [-0.15, -0.1) is 0 Å². The van der Waals surface area contributed by atoms with E-state index in [2.05, 4.69) is 5.32 Å². The van der Waals surface area contributed by atoms with Gasteiger partial charge in [-0.3, -0.25) is 14.5 Å².